The maximum atomic E-state index is 4.00. The lowest BCUT2D eigenvalue weighted by Gasteiger charge is -1.97. The van der Waals surface area contributed by atoms with Crippen LogP contribution in [0.5, 0.6) is 0 Å². The lowest BCUT2D eigenvalue weighted by molar-refractivity contribution is 1.18. The van der Waals surface area contributed by atoms with Gasteiger partial charge in [-0.15, -0.1) is 5.11 Å². The summed E-state index contributed by atoms with van der Waals surface area (Å²) in [6.07, 6.45) is 3.02. The van der Waals surface area contributed by atoms with Gasteiger partial charge in [0.05, 0.1) is 0 Å². The largest absolute Gasteiger partial charge is 0.256 e. The van der Waals surface area contributed by atoms with Crippen molar-refractivity contribution in [3.05, 3.63) is 18.3 Å². The number of nitrogens with zero attached hydrogens (tertiary/aromatic N) is 4. The summed E-state index contributed by atoms with van der Waals surface area (Å²) in [5.41, 5.74) is 3.46. The van der Waals surface area contributed by atoms with Crippen molar-refractivity contribution < 1.29 is 0 Å². The summed E-state index contributed by atoms with van der Waals surface area (Å²) < 4.78 is 0. The van der Waals surface area contributed by atoms with Gasteiger partial charge in [0, 0.05) is 6.20 Å². The first-order valence-electron chi connectivity index (χ1n) is 3.10. The first-order chi connectivity index (χ1) is 5.47. The van der Waals surface area contributed by atoms with Crippen molar-refractivity contribution in [2.75, 3.05) is 5.43 Å². The molecule has 0 saturated heterocycles. The van der Waals surface area contributed by atoms with Gasteiger partial charge in [0.2, 0.25) is 0 Å². The number of fused-ring (bicyclic) bond motifs is 1. The Morgan fingerprint density at radius 2 is 2.36 bits per heavy atom. The normalized spacial score (nSPS) is 13.5. The number of anilines is 1. The van der Waals surface area contributed by atoms with E-state index in [1.165, 1.54) is 6.34 Å². The molecule has 0 atom stereocenters. The molecule has 1 aromatic heterocycles. The van der Waals surface area contributed by atoms with Gasteiger partial charge in [-0.2, -0.15) is 0 Å². The van der Waals surface area contributed by atoms with Gasteiger partial charge < -0.3 is 0 Å². The Labute approximate surface area is 62.9 Å². The van der Waals surface area contributed by atoms with E-state index in [-0.39, 0.29) is 0 Å². The van der Waals surface area contributed by atoms with E-state index < -0.39 is 0 Å². The van der Waals surface area contributed by atoms with Crippen LogP contribution >= 0.6 is 0 Å². The summed E-state index contributed by atoms with van der Waals surface area (Å²) in [5, 5.41) is 7.17. The molecule has 11 heavy (non-hydrogen) atoms. The monoisotopic (exact) mass is 147 g/mol. The van der Waals surface area contributed by atoms with Gasteiger partial charge in [0.25, 0.3) is 0 Å². The molecule has 54 valence electrons. The average Bonchev–Trinajstić information content (AvgIpc) is 2.28. The molecule has 1 aliphatic heterocycles. The van der Waals surface area contributed by atoms with E-state index in [9.17, 15) is 0 Å². The maximum Gasteiger partial charge on any atom is 0.179 e. The number of rotatable bonds is 0. The Kier molecular flexibility index (Phi) is 1.33. The van der Waals surface area contributed by atoms with Crippen LogP contribution in [0.3, 0.4) is 0 Å². The van der Waals surface area contributed by atoms with Crippen molar-refractivity contribution in [3.8, 4) is 0 Å². The fourth-order valence-corrected chi connectivity index (χ4v) is 0.776. The van der Waals surface area contributed by atoms with Crippen molar-refractivity contribution >= 4 is 17.8 Å². The molecule has 2 heterocycles. The molecule has 2 rings (SSSR count). The SMILES string of the molecule is C1=Nc2ncccc2NN=N1. The number of aromatic nitrogens is 1. The first-order valence-corrected chi connectivity index (χ1v) is 3.10. The van der Waals surface area contributed by atoms with Crippen LogP contribution in [-0.4, -0.2) is 11.3 Å². The molecular formula is C6H5N5. The van der Waals surface area contributed by atoms with Gasteiger partial charge in [-0.3, -0.25) is 5.43 Å². The predicted molar refractivity (Wildman–Crippen MR) is 40.9 cm³/mol. The van der Waals surface area contributed by atoms with Crippen LogP contribution in [-0.2, 0) is 0 Å². The lowest BCUT2D eigenvalue weighted by atomic mass is 10.4. The first kappa shape index (κ1) is 5.96. The molecule has 5 heteroatoms. The number of hydrogen-bond donors (Lipinski definition) is 1. The third-order valence-corrected chi connectivity index (χ3v) is 1.25. The van der Waals surface area contributed by atoms with E-state index in [4.69, 9.17) is 0 Å². The molecule has 1 aliphatic rings. The summed E-state index contributed by atoms with van der Waals surface area (Å²) in [7, 11) is 0. The maximum absolute atomic E-state index is 4.00. The Morgan fingerprint density at radius 1 is 1.36 bits per heavy atom. The fourth-order valence-electron chi connectivity index (χ4n) is 0.776. The minimum atomic E-state index is 0.609. The molecule has 0 bridgehead atoms. The molecule has 5 nitrogen and oxygen atoms in total. The van der Waals surface area contributed by atoms with Crippen LogP contribution in [0.1, 0.15) is 0 Å². The zero-order valence-electron chi connectivity index (χ0n) is 5.60. The van der Waals surface area contributed by atoms with E-state index in [1.807, 2.05) is 12.1 Å². The zero-order valence-corrected chi connectivity index (χ0v) is 5.60. The Bertz CT molecular complexity index is 317. The van der Waals surface area contributed by atoms with Crippen molar-refractivity contribution in [1.29, 1.82) is 0 Å². The molecule has 0 aliphatic carbocycles. The molecule has 0 fully saturated rings. The summed E-state index contributed by atoms with van der Waals surface area (Å²) in [6, 6.07) is 3.65. The van der Waals surface area contributed by atoms with Crippen molar-refractivity contribution in [2.45, 2.75) is 0 Å². The summed E-state index contributed by atoms with van der Waals surface area (Å²) >= 11 is 0. The molecular weight excluding hydrogens is 142 g/mol. The van der Waals surface area contributed by atoms with Crippen LogP contribution in [0.25, 0.3) is 0 Å². The number of nitrogens with one attached hydrogen (secondary N) is 1. The highest BCUT2D eigenvalue weighted by Gasteiger charge is 2.00. The average molecular weight is 147 g/mol. The lowest BCUT2D eigenvalue weighted by Crippen LogP contribution is -1.86. The van der Waals surface area contributed by atoms with E-state index in [1.54, 1.807) is 6.20 Å². The summed E-state index contributed by atoms with van der Waals surface area (Å²) in [5.74, 6) is 0.609. The second kappa shape index (κ2) is 2.45. The third-order valence-electron chi connectivity index (χ3n) is 1.25. The van der Waals surface area contributed by atoms with E-state index in [0.717, 1.165) is 5.69 Å². The van der Waals surface area contributed by atoms with Gasteiger partial charge in [-0.25, -0.2) is 9.98 Å². The summed E-state index contributed by atoms with van der Waals surface area (Å²) in [6.45, 7) is 0. The van der Waals surface area contributed by atoms with Gasteiger partial charge in [-0.1, -0.05) is 5.22 Å². The smallest absolute Gasteiger partial charge is 0.179 e. The Balaban J connectivity index is 2.52. The van der Waals surface area contributed by atoms with E-state index >= 15 is 0 Å². The van der Waals surface area contributed by atoms with Gasteiger partial charge in [0.1, 0.15) is 12.0 Å². The summed E-state index contributed by atoms with van der Waals surface area (Å²) in [4.78, 5) is 7.93. The standard InChI is InChI=1S/C6H5N5/c1-2-5-6(7-3-1)8-4-9-11-10-5/h1-4H,(H,7,8,9,10). The third kappa shape index (κ3) is 1.07. The van der Waals surface area contributed by atoms with Gasteiger partial charge >= 0.3 is 0 Å². The molecule has 1 N–H and O–H groups in total. The molecule has 0 aromatic carbocycles. The molecule has 0 amide bonds. The topological polar surface area (TPSA) is 62.0 Å². The second-order valence-corrected chi connectivity index (χ2v) is 1.95. The van der Waals surface area contributed by atoms with Crippen LogP contribution in [0.4, 0.5) is 11.5 Å². The van der Waals surface area contributed by atoms with E-state index in [2.05, 4.69) is 25.7 Å². The zero-order chi connectivity index (χ0) is 7.52. The highest BCUT2D eigenvalue weighted by molar-refractivity contribution is 5.69. The van der Waals surface area contributed by atoms with Gasteiger partial charge in [-0.05, 0) is 12.1 Å². The van der Waals surface area contributed by atoms with Crippen molar-refractivity contribution in [2.24, 2.45) is 15.3 Å². The van der Waals surface area contributed by atoms with Crippen LogP contribution < -0.4 is 5.43 Å². The molecule has 0 spiro atoms. The minimum Gasteiger partial charge on any atom is -0.256 e. The molecule has 1 aromatic rings. The predicted octanol–water partition coefficient (Wildman–Crippen LogP) is 1.53. The van der Waals surface area contributed by atoms with Crippen LogP contribution in [0, 0.1) is 0 Å². The Hall–Kier alpha value is -1.78. The van der Waals surface area contributed by atoms with Crippen molar-refractivity contribution in [1.82, 2.24) is 4.98 Å². The number of hydrogen-bond acceptors (Lipinski definition) is 5. The fraction of sp³-hybridized carbons (Fsp3) is 0. The number of pyridine rings is 1. The van der Waals surface area contributed by atoms with E-state index in [0.29, 0.717) is 5.82 Å². The molecule has 0 radical (unpaired) electrons. The second-order valence-electron chi connectivity index (χ2n) is 1.95. The van der Waals surface area contributed by atoms with Crippen LogP contribution in [0.2, 0.25) is 0 Å². The minimum absolute atomic E-state index is 0.609. The Morgan fingerprint density at radius 3 is 3.36 bits per heavy atom. The molecule has 0 saturated carbocycles. The van der Waals surface area contributed by atoms with Crippen molar-refractivity contribution in [3.63, 3.8) is 0 Å². The molecule has 0 unspecified atom stereocenters. The van der Waals surface area contributed by atoms with Gasteiger partial charge in [0.15, 0.2) is 5.82 Å². The highest BCUT2D eigenvalue weighted by Crippen LogP contribution is 2.21. The quantitative estimate of drug-likeness (QED) is 0.604. The van der Waals surface area contributed by atoms with Crippen LogP contribution in [0.15, 0.2) is 33.7 Å². The highest BCUT2D eigenvalue weighted by atomic mass is 15.4. The number of aliphatic imine (C=N–C) groups is 1.